The third-order valence-electron chi connectivity index (χ3n) is 4.05. The van der Waals surface area contributed by atoms with Crippen molar-refractivity contribution in [3.05, 3.63) is 29.3 Å². The fraction of sp³-hybridized carbons (Fsp3) is 0.647. The lowest BCUT2D eigenvalue weighted by Gasteiger charge is -2.23. The van der Waals surface area contributed by atoms with Crippen molar-refractivity contribution < 1.29 is 14.6 Å². The van der Waals surface area contributed by atoms with E-state index in [0.717, 1.165) is 50.1 Å². The highest BCUT2D eigenvalue weighted by Crippen LogP contribution is 2.31. The van der Waals surface area contributed by atoms with Gasteiger partial charge in [-0.3, -0.25) is 0 Å². The SMILES string of the molecule is COCCNCc1cc(C)ccc1OCC1(O)CCCC1. The molecule has 21 heavy (non-hydrogen) atoms. The summed E-state index contributed by atoms with van der Waals surface area (Å²) in [6.45, 7) is 4.72. The zero-order chi connectivity index (χ0) is 15.1. The average molecular weight is 293 g/mol. The van der Waals surface area contributed by atoms with Crippen LogP contribution in [-0.4, -0.2) is 37.6 Å². The molecule has 0 heterocycles. The average Bonchev–Trinajstić information content (AvgIpc) is 2.90. The Hall–Kier alpha value is -1.10. The Morgan fingerprint density at radius 3 is 2.76 bits per heavy atom. The zero-order valence-electron chi connectivity index (χ0n) is 13.2. The summed E-state index contributed by atoms with van der Waals surface area (Å²) in [6.07, 6.45) is 3.89. The highest BCUT2D eigenvalue weighted by molar-refractivity contribution is 5.37. The second-order valence-corrected chi connectivity index (χ2v) is 6.00. The van der Waals surface area contributed by atoms with Crippen LogP contribution in [0.15, 0.2) is 18.2 Å². The van der Waals surface area contributed by atoms with Crippen molar-refractivity contribution in [3.63, 3.8) is 0 Å². The van der Waals surface area contributed by atoms with Gasteiger partial charge in [0, 0.05) is 25.8 Å². The van der Waals surface area contributed by atoms with Gasteiger partial charge >= 0.3 is 0 Å². The molecule has 0 spiro atoms. The summed E-state index contributed by atoms with van der Waals surface area (Å²) in [5.41, 5.74) is 1.71. The maximum Gasteiger partial charge on any atom is 0.123 e. The van der Waals surface area contributed by atoms with Crippen LogP contribution < -0.4 is 10.1 Å². The van der Waals surface area contributed by atoms with Gasteiger partial charge in [0.1, 0.15) is 12.4 Å². The molecule has 0 aliphatic heterocycles. The number of hydrogen-bond acceptors (Lipinski definition) is 4. The van der Waals surface area contributed by atoms with Crippen molar-refractivity contribution in [1.82, 2.24) is 5.32 Å². The second kappa shape index (κ2) is 7.78. The Morgan fingerprint density at radius 1 is 1.29 bits per heavy atom. The zero-order valence-corrected chi connectivity index (χ0v) is 13.2. The highest BCUT2D eigenvalue weighted by atomic mass is 16.5. The largest absolute Gasteiger partial charge is 0.490 e. The molecule has 1 aliphatic rings. The Bertz CT molecular complexity index is 442. The van der Waals surface area contributed by atoms with Crippen LogP contribution in [0.2, 0.25) is 0 Å². The van der Waals surface area contributed by atoms with Gasteiger partial charge in [0.05, 0.1) is 12.2 Å². The number of aryl methyl sites for hydroxylation is 1. The molecule has 118 valence electrons. The standard InChI is InChI=1S/C17H27NO3/c1-14-5-6-16(15(11-14)12-18-9-10-20-2)21-13-17(19)7-3-4-8-17/h5-6,11,18-19H,3-4,7-10,12-13H2,1-2H3. The van der Waals surface area contributed by atoms with Crippen molar-refractivity contribution in [2.75, 3.05) is 26.9 Å². The van der Waals surface area contributed by atoms with E-state index < -0.39 is 5.60 Å². The molecule has 1 saturated carbocycles. The summed E-state index contributed by atoms with van der Waals surface area (Å²) >= 11 is 0. The van der Waals surface area contributed by atoms with Crippen LogP contribution in [0.3, 0.4) is 0 Å². The Labute approximate surface area is 127 Å². The molecule has 1 aromatic rings. The summed E-state index contributed by atoms with van der Waals surface area (Å²) in [7, 11) is 1.70. The summed E-state index contributed by atoms with van der Waals surface area (Å²) in [5.74, 6) is 0.867. The van der Waals surface area contributed by atoms with E-state index in [1.807, 2.05) is 12.1 Å². The van der Waals surface area contributed by atoms with E-state index in [9.17, 15) is 5.11 Å². The van der Waals surface area contributed by atoms with E-state index in [2.05, 4.69) is 18.3 Å². The van der Waals surface area contributed by atoms with Crippen LogP contribution in [0.1, 0.15) is 36.8 Å². The van der Waals surface area contributed by atoms with Gasteiger partial charge in [-0.05, 0) is 25.8 Å². The van der Waals surface area contributed by atoms with E-state index in [1.165, 1.54) is 5.56 Å². The molecule has 0 atom stereocenters. The molecular formula is C17H27NO3. The van der Waals surface area contributed by atoms with Crippen LogP contribution in [0.25, 0.3) is 0 Å². The molecule has 0 amide bonds. The quantitative estimate of drug-likeness (QED) is 0.723. The van der Waals surface area contributed by atoms with E-state index in [0.29, 0.717) is 13.2 Å². The van der Waals surface area contributed by atoms with E-state index in [-0.39, 0.29) is 0 Å². The van der Waals surface area contributed by atoms with Gasteiger partial charge in [-0.25, -0.2) is 0 Å². The molecule has 1 aliphatic carbocycles. The predicted octanol–water partition coefficient (Wildman–Crippen LogP) is 2.41. The van der Waals surface area contributed by atoms with Crippen LogP contribution in [0.4, 0.5) is 0 Å². The maximum absolute atomic E-state index is 10.4. The second-order valence-electron chi connectivity index (χ2n) is 6.00. The summed E-state index contributed by atoms with van der Waals surface area (Å²) in [6, 6.07) is 6.18. The molecule has 0 radical (unpaired) electrons. The Morgan fingerprint density at radius 2 is 2.05 bits per heavy atom. The minimum absolute atomic E-state index is 0.390. The molecule has 1 fully saturated rings. The lowest BCUT2D eigenvalue weighted by Crippen LogP contribution is -2.32. The van der Waals surface area contributed by atoms with E-state index in [4.69, 9.17) is 9.47 Å². The fourth-order valence-electron chi connectivity index (χ4n) is 2.77. The first-order chi connectivity index (χ1) is 10.1. The number of aliphatic hydroxyl groups is 1. The molecular weight excluding hydrogens is 266 g/mol. The smallest absolute Gasteiger partial charge is 0.123 e. The molecule has 0 unspecified atom stereocenters. The molecule has 2 N–H and O–H groups in total. The molecule has 4 nitrogen and oxygen atoms in total. The number of methoxy groups -OCH3 is 1. The molecule has 1 aromatic carbocycles. The predicted molar refractivity (Wildman–Crippen MR) is 83.7 cm³/mol. The topological polar surface area (TPSA) is 50.7 Å². The number of ether oxygens (including phenoxy) is 2. The number of hydrogen-bond donors (Lipinski definition) is 2. The van der Waals surface area contributed by atoms with Gasteiger partial charge in [0.25, 0.3) is 0 Å². The van der Waals surface area contributed by atoms with Crippen LogP contribution >= 0.6 is 0 Å². The summed E-state index contributed by atoms with van der Waals surface area (Å²) in [5, 5.41) is 13.7. The van der Waals surface area contributed by atoms with Gasteiger partial charge in [-0.15, -0.1) is 0 Å². The number of rotatable bonds is 8. The summed E-state index contributed by atoms with van der Waals surface area (Å²) in [4.78, 5) is 0. The van der Waals surface area contributed by atoms with Crippen molar-refractivity contribution in [2.24, 2.45) is 0 Å². The first-order valence-electron chi connectivity index (χ1n) is 7.77. The molecule has 4 heteroatoms. The van der Waals surface area contributed by atoms with Crippen LogP contribution in [0.5, 0.6) is 5.75 Å². The first kappa shape index (κ1) is 16.3. The molecule has 2 rings (SSSR count). The normalized spacial score (nSPS) is 17.1. The van der Waals surface area contributed by atoms with Gasteiger partial charge < -0.3 is 19.9 Å². The van der Waals surface area contributed by atoms with Crippen molar-refractivity contribution in [2.45, 2.75) is 44.8 Å². The molecule has 0 bridgehead atoms. The van der Waals surface area contributed by atoms with Gasteiger partial charge in [-0.2, -0.15) is 0 Å². The molecule has 0 saturated heterocycles. The van der Waals surface area contributed by atoms with E-state index in [1.54, 1.807) is 7.11 Å². The third-order valence-corrected chi connectivity index (χ3v) is 4.05. The Balaban J connectivity index is 1.94. The number of nitrogens with one attached hydrogen (secondary N) is 1. The molecule has 0 aromatic heterocycles. The third kappa shape index (κ3) is 4.99. The minimum Gasteiger partial charge on any atom is -0.490 e. The lowest BCUT2D eigenvalue weighted by molar-refractivity contribution is 0.00111. The lowest BCUT2D eigenvalue weighted by atomic mass is 10.0. The number of benzene rings is 1. The monoisotopic (exact) mass is 293 g/mol. The van der Waals surface area contributed by atoms with E-state index >= 15 is 0 Å². The van der Waals surface area contributed by atoms with Gasteiger partial charge in [-0.1, -0.05) is 30.5 Å². The van der Waals surface area contributed by atoms with Gasteiger partial charge in [0.2, 0.25) is 0 Å². The highest BCUT2D eigenvalue weighted by Gasteiger charge is 2.32. The fourth-order valence-corrected chi connectivity index (χ4v) is 2.77. The summed E-state index contributed by atoms with van der Waals surface area (Å²) < 4.78 is 11.0. The first-order valence-corrected chi connectivity index (χ1v) is 7.77. The van der Waals surface area contributed by atoms with Crippen molar-refractivity contribution >= 4 is 0 Å². The Kier molecular flexibility index (Phi) is 6.03. The maximum atomic E-state index is 10.4. The van der Waals surface area contributed by atoms with Crippen molar-refractivity contribution in [1.29, 1.82) is 0 Å². The van der Waals surface area contributed by atoms with Crippen LogP contribution in [-0.2, 0) is 11.3 Å². The van der Waals surface area contributed by atoms with Gasteiger partial charge in [0.15, 0.2) is 0 Å². The van der Waals surface area contributed by atoms with Crippen LogP contribution in [0, 0.1) is 6.92 Å². The van der Waals surface area contributed by atoms with Crippen molar-refractivity contribution in [3.8, 4) is 5.75 Å². The minimum atomic E-state index is -0.633.